The summed E-state index contributed by atoms with van der Waals surface area (Å²) in [5, 5.41) is 2.21. The van der Waals surface area contributed by atoms with Gasteiger partial charge in [-0.2, -0.15) is 0 Å². The number of fused-ring (bicyclic) bond motifs is 1. The summed E-state index contributed by atoms with van der Waals surface area (Å²) in [7, 11) is 0. The molecule has 1 saturated heterocycles. The van der Waals surface area contributed by atoms with E-state index in [0.717, 1.165) is 64.2 Å². The van der Waals surface area contributed by atoms with Crippen LogP contribution in [0.25, 0.3) is 0 Å². The van der Waals surface area contributed by atoms with Crippen molar-refractivity contribution in [2.75, 3.05) is 38.5 Å². The maximum absolute atomic E-state index is 13.0. The number of ether oxygens (including phenoxy) is 1. The Labute approximate surface area is 217 Å². The fourth-order valence-electron chi connectivity index (χ4n) is 5.61. The molecule has 0 atom stereocenters. The number of piperidine rings is 1. The Morgan fingerprint density at radius 3 is 2.72 bits per heavy atom. The molecule has 0 bridgehead atoms. The summed E-state index contributed by atoms with van der Waals surface area (Å²) in [6, 6.07) is 12.6. The number of aryl methyl sites for hydroxylation is 1. The first-order chi connectivity index (χ1) is 17.6. The maximum Gasteiger partial charge on any atom is 0.273 e. The van der Waals surface area contributed by atoms with Gasteiger partial charge < -0.3 is 15.4 Å². The number of thiazole rings is 1. The quantitative estimate of drug-likeness (QED) is 0.558. The summed E-state index contributed by atoms with van der Waals surface area (Å²) in [6.07, 6.45) is 10.3. The molecule has 2 aliphatic heterocycles. The average Bonchev–Trinajstić information content (AvgIpc) is 3.33. The van der Waals surface area contributed by atoms with Gasteiger partial charge in [-0.25, -0.2) is 4.98 Å². The van der Waals surface area contributed by atoms with Crippen LogP contribution in [0.2, 0.25) is 0 Å². The number of anilines is 1. The highest BCUT2D eigenvalue weighted by Gasteiger charge is 2.37. The molecule has 4 heterocycles. The molecule has 5 rings (SSSR count). The number of amides is 1. The van der Waals surface area contributed by atoms with Crippen LogP contribution in [-0.4, -0.2) is 58.5 Å². The van der Waals surface area contributed by atoms with Gasteiger partial charge in [0, 0.05) is 50.5 Å². The number of para-hydroxylation sites is 1. The lowest BCUT2D eigenvalue weighted by Gasteiger charge is -2.45. The van der Waals surface area contributed by atoms with E-state index in [1.54, 1.807) is 5.38 Å². The largest absolute Gasteiger partial charge is 0.492 e. The third kappa shape index (κ3) is 6.05. The number of carbonyl (C=O) groups is 1. The van der Waals surface area contributed by atoms with E-state index >= 15 is 0 Å². The second-order valence-electron chi connectivity index (χ2n) is 10.1. The van der Waals surface area contributed by atoms with E-state index in [9.17, 15) is 4.79 Å². The first kappa shape index (κ1) is 24.7. The van der Waals surface area contributed by atoms with Gasteiger partial charge in [-0.05, 0) is 60.8 Å². The summed E-state index contributed by atoms with van der Waals surface area (Å²) >= 11 is 1.32. The topological polar surface area (TPSA) is 84.6 Å². The molecular formula is C28H35N5O2S. The van der Waals surface area contributed by atoms with Gasteiger partial charge in [0.05, 0.1) is 0 Å². The third-order valence-electron chi connectivity index (χ3n) is 7.58. The Kier molecular flexibility index (Phi) is 7.82. The van der Waals surface area contributed by atoms with Gasteiger partial charge in [0.1, 0.15) is 18.1 Å². The minimum Gasteiger partial charge on any atom is -0.492 e. The molecule has 0 radical (unpaired) electrons. The van der Waals surface area contributed by atoms with Crippen LogP contribution in [0.3, 0.4) is 0 Å². The number of hydrogen-bond donors (Lipinski definition) is 1. The molecule has 0 unspecified atom stereocenters. The number of nitrogens with zero attached hydrogens (tertiary/aromatic N) is 4. The number of hydrogen-bond acceptors (Lipinski definition) is 7. The highest BCUT2D eigenvalue weighted by molar-refractivity contribution is 7.13. The van der Waals surface area contributed by atoms with Gasteiger partial charge in [0.25, 0.3) is 5.91 Å². The zero-order valence-electron chi connectivity index (χ0n) is 20.8. The van der Waals surface area contributed by atoms with E-state index in [0.29, 0.717) is 17.4 Å². The number of aromatic nitrogens is 2. The molecule has 3 aromatic rings. The number of nitrogen functional groups attached to an aromatic ring is 1. The van der Waals surface area contributed by atoms with Crippen molar-refractivity contribution in [3.63, 3.8) is 0 Å². The van der Waals surface area contributed by atoms with Crippen LogP contribution in [0.15, 0.2) is 54.2 Å². The van der Waals surface area contributed by atoms with Crippen molar-refractivity contribution >= 4 is 22.4 Å². The molecule has 36 heavy (non-hydrogen) atoms. The number of benzene rings is 1. The Balaban J connectivity index is 1.32. The summed E-state index contributed by atoms with van der Waals surface area (Å²) in [5.74, 6) is 1.02. The van der Waals surface area contributed by atoms with E-state index in [2.05, 4.69) is 45.2 Å². The summed E-state index contributed by atoms with van der Waals surface area (Å²) in [5.41, 5.74) is 8.94. The van der Waals surface area contributed by atoms with E-state index in [4.69, 9.17) is 10.5 Å². The van der Waals surface area contributed by atoms with Crippen molar-refractivity contribution in [2.45, 2.75) is 45.1 Å². The number of pyridine rings is 1. The van der Waals surface area contributed by atoms with Crippen LogP contribution in [0.4, 0.5) is 5.13 Å². The van der Waals surface area contributed by atoms with E-state index in [-0.39, 0.29) is 11.3 Å². The fourth-order valence-corrected chi connectivity index (χ4v) is 6.15. The monoisotopic (exact) mass is 505 g/mol. The molecule has 8 heteroatoms. The molecule has 7 nitrogen and oxygen atoms in total. The molecule has 2 aliphatic rings. The minimum absolute atomic E-state index is 0.00294. The van der Waals surface area contributed by atoms with Gasteiger partial charge in [-0.15, -0.1) is 11.3 Å². The third-order valence-corrected chi connectivity index (χ3v) is 8.26. The smallest absolute Gasteiger partial charge is 0.273 e. The number of nitrogens with two attached hydrogens (primary N) is 1. The van der Waals surface area contributed by atoms with Crippen molar-refractivity contribution in [1.82, 2.24) is 19.8 Å². The fraction of sp³-hybridized carbons (Fsp3) is 0.464. The van der Waals surface area contributed by atoms with Gasteiger partial charge in [-0.3, -0.25) is 14.7 Å². The molecule has 1 aromatic carbocycles. The van der Waals surface area contributed by atoms with Gasteiger partial charge in [0.2, 0.25) is 0 Å². The standard InChI is InChI=1S/C28H35N5O2S/c29-27-31-24(20-36-27)26(34)33-14-11-28(12-15-33)10-4-3-8-23-7-1-2-9-25(23)35-17-16-32(21-28)19-22-6-5-13-30-18-22/h1-2,5-7,9,13,18,20H,3-4,8,10-12,14-17,19,21H2,(H2,29,31). The van der Waals surface area contributed by atoms with Crippen LogP contribution >= 0.6 is 11.3 Å². The Morgan fingerprint density at radius 2 is 1.94 bits per heavy atom. The Morgan fingerprint density at radius 1 is 1.08 bits per heavy atom. The Bertz CT molecular complexity index is 1140. The zero-order valence-corrected chi connectivity index (χ0v) is 21.6. The van der Waals surface area contributed by atoms with Crippen LogP contribution in [0.5, 0.6) is 5.75 Å². The predicted molar refractivity (Wildman–Crippen MR) is 143 cm³/mol. The Hall–Kier alpha value is -2.97. The second kappa shape index (κ2) is 11.4. The van der Waals surface area contributed by atoms with Gasteiger partial charge in [0.15, 0.2) is 5.13 Å². The zero-order chi connectivity index (χ0) is 24.8. The molecule has 190 valence electrons. The molecule has 0 aliphatic carbocycles. The maximum atomic E-state index is 13.0. The molecule has 1 amide bonds. The molecule has 1 fully saturated rings. The lowest BCUT2D eigenvalue weighted by atomic mass is 9.73. The highest BCUT2D eigenvalue weighted by Crippen LogP contribution is 2.39. The average molecular weight is 506 g/mol. The van der Waals surface area contributed by atoms with Crippen LogP contribution in [-0.2, 0) is 13.0 Å². The summed E-state index contributed by atoms with van der Waals surface area (Å²) < 4.78 is 6.28. The summed E-state index contributed by atoms with van der Waals surface area (Å²) in [6.45, 7) is 4.88. The lowest BCUT2D eigenvalue weighted by Crippen LogP contribution is -2.48. The van der Waals surface area contributed by atoms with Crippen molar-refractivity contribution in [3.05, 3.63) is 71.0 Å². The van der Waals surface area contributed by atoms with Crippen LogP contribution in [0.1, 0.15) is 53.7 Å². The number of carbonyl (C=O) groups excluding carboxylic acids is 1. The number of likely N-dealkylation sites (tertiary alicyclic amines) is 1. The van der Waals surface area contributed by atoms with Crippen LogP contribution < -0.4 is 10.5 Å². The van der Waals surface area contributed by atoms with Crippen LogP contribution in [0, 0.1) is 5.41 Å². The van der Waals surface area contributed by atoms with E-state index < -0.39 is 0 Å². The van der Waals surface area contributed by atoms with Crippen molar-refractivity contribution in [2.24, 2.45) is 5.41 Å². The SMILES string of the molecule is Nc1nc(C(=O)N2CCC3(CCCCc4ccccc4OCCN(Cc4cccnc4)C3)CC2)cs1. The summed E-state index contributed by atoms with van der Waals surface area (Å²) in [4.78, 5) is 26.0. The number of rotatable bonds is 3. The molecule has 1 spiro atoms. The lowest BCUT2D eigenvalue weighted by molar-refractivity contribution is 0.0358. The minimum atomic E-state index is 0.00294. The van der Waals surface area contributed by atoms with Gasteiger partial charge >= 0.3 is 0 Å². The molecular weight excluding hydrogens is 470 g/mol. The first-order valence-corrected chi connectivity index (χ1v) is 13.8. The molecule has 2 aromatic heterocycles. The van der Waals surface area contributed by atoms with Crippen molar-refractivity contribution < 1.29 is 9.53 Å². The van der Waals surface area contributed by atoms with E-state index in [1.165, 1.54) is 35.3 Å². The van der Waals surface area contributed by atoms with Gasteiger partial charge in [-0.1, -0.05) is 30.7 Å². The van der Waals surface area contributed by atoms with E-state index in [1.807, 2.05) is 23.4 Å². The second-order valence-corrected chi connectivity index (χ2v) is 11.0. The highest BCUT2D eigenvalue weighted by atomic mass is 32.1. The first-order valence-electron chi connectivity index (χ1n) is 12.9. The molecule has 2 N–H and O–H groups in total. The predicted octanol–water partition coefficient (Wildman–Crippen LogP) is 4.65. The van der Waals surface area contributed by atoms with Crippen molar-refractivity contribution in [3.8, 4) is 5.75 Å². The molecule has 0 saturated carbocycles. The van der Waals surface area contributed by atoms with Crippen molar-refractivity contribution in [1.29, 1.82) is 0 Å². The normalized spacial score (nSPS) is 19.1.